The first-order valence-corrected chi connectivity index (χ1v) is 11.8. The van der Waals surface area contributed by atoms with Gasteiger partial charge in [0.05, 0.1) is 16.9 Å². The summed E-state index contributed by atoms with van der Waals surface area (Å²) in [7, 11) is 0. The van der Waals surface area contributed by atoms with Crippen molar-refractivity contribution in [2.45, 2.75) is 45.6 Å². The molecule has 4 rings (SSSR count). The van der Waals surface area contributed by atoms with Crippen LogP contribution in [-0.4, -0.2) is 23.1 Å². The van der Waals surface area contributed by atoms with Crippen molar-refractivity contribution in [2.24, 2.45) is 5.92 Å². The summed E-state index contributed by atoms with van der Waals surface area (Å²) >= 11 is 0. The number of carbonyl (C=O) groups is 2. The average molecular weight is 458 g/mol. The van der Waals surface area contributed by atoms with Gasteiger partial charge < -0.3 is 21.1 Å². The molecule has 1 fully saturated rings. The first-order valence-electron chi connectivity index (χ1n) is 11.8. The largest absolute Gasteiger partial charge is 0.478 e. The van der Waals surface area contributed by atoms with Crippen molar-refractivity contribution < 1.29 is 14.7 Å². The Bertz CT molecular complexity index is 1170. The molecule has 1 atom stereocenters. The second-order valence-corrected chi connectivity index (χ2v) is 9.03. The summed E-state index contributed by atoms with van der Waals surface area (Å²) in [6.45, 7) is 4.17. The van der Waals surface area contributed by atoms with Crippen LogP contribution in [-0.2, 0) is 0 Å². The fourth-order valence-corrected chi connectivity index (χ4v) is 4.60. The zero-order chi connectivity index (χ0) is 24.1. The molecule has 0 aliphatic heterocycles. The summed E-state index contributed by atoms with van der Waals surface area (Å²) in [4.78, 5) is 24.6. The van der Waals surface area contributed by atoms with E-state index in [1.54, 1.807) is 18.2 Å². The molecule has 34 heavy (non-hydrogen) atoms. The SMILES string of the molecule is Cc1ccc(NC(=O)Nc2cc(-c3ccccc3C(=O)O)ccc2NC(C)C2CCCC2)cc1. The number of aromatic carboxylic acids is 1. The van der Waals surface area contributed by atoms with Gasteiger partial charge in [-0.2, -0.15) is 0 Å². The van der Waals surface area contributed by atoms with E-state index in [0.717, 1.165) is 16.8 Å². The predicted molar refractivity (Wildman–Crippen MR) is 138 cm³/mol. The highest BCUT2D eigenvalue weighted by atomic mass is 16.4. The van der Waals surface area contributed by atoms with Crippen molar-refractivity contribution in [1.29, 1.82) is 0 Å². The predicted octanol–water partition coefficient (Wildman–Crippen LogP) is 6.99. The molecule has 0 radical (unpaired) electrons. The van der Waals surface area contributed by atoms with Crippen LogP contribution in [0, 0.1) is 12.8 Å². The minimum atomic E-state index is -0.987. The fraction of sp³-hybridized carbons (Fsp3) is 0.286. The number of benzene rings is 3. The molecule has 1 unspecified atom stereocenters. The first-order chi connectivity index (χ1) is 16.4. The van der Waals surface area contributed by atoms with Crippen LogP contribution in [0.3, 0.4) is 0 Å². The van der Waals surface area contributed by atoms with Crippen LogP contribution >= 0.6 is 0 Å². The molecule has 1 saturated carbocycles. The normalized spacial score (nSPS) is 14.4. The molecular formula is C28H31N3O3. The molecular weight excluding hydrogens is 426 g/mol. The number of carbonyl (C=O) groups excluding carboxylic acids is 1. The number of aryl methyl sites for hydroxylation is 1. The second-order valence-electron chi connectivity index (χ2n) is 9.03. The van der Waals surface area contributed by atoms with Crippen LogP contribution in [0.1, 0.15) is 48.5 Å². The molecule has 6 nitrogen and oxygen atoms in total. The van der Waals surface area contributed by atoms with Gasteiger partial charge in [-0.1, -0.05) is 54.8 Å². The van der Waals surface area contributed by atoms with Gasteiger partial charge in [0.25, 0.3) is 0 Å². The molecule has 2 amide bonds. The quantitative estimate of drug-likeness (QED) is 0.308. The van der Waals surface area contributed by atoms with Gasteiger partial charge in [-0.15, -0.1) is 0 Å². The Morgan fingerprint density at radius 3 is 2.32 bits per heavy atom. The zero-order valence-electron chi connectivity index (χ0n) is 19.6. The highest BCUT2D eigenvalue weighted by Gasteiger charge is 2.22. The maximum Gasteiger partial charge on any atom is 0.336 e. The highest BCUT2D eigenvalue weighted by molar-refractivity contribution is 6.03. The van der Waals surface area contributed by atoms with E-state index in [2.05, 4.69) is 22.9 Å². The standard InChI is InChI=1S/C28H31N3O3/c1-18-11-14-22(15-12-18)30-28(34)31-26-17-21(23-9-5-6-10-24(23)27(32)33)13-16-25(26)29-19(2)20-7-3-4-8-20/h5-6,9-17,19-20,29H,3-4,7-8H2,1-2H3,(H,32,33)(H2,30,31,34). The number of urea groups is 1. The van der Waals surface area contributed by atoms with Crippen LogP contribution in [0.2, 0.25) is 0 Å². The third-order valence-electron chi connectivity index (χ3n) is 6.54. The van der Waals surface area contributed by atoms with Gasteiger partial charge in [0.2, 0.25) is 0 Å². The van der Waals surface area contributed by atoms with E-state index in [-0.39, 0.29) is 17.6 Å². The minimum Gasteiger partial charge on any atom is -0.478 e. The molecule has 1 aliphatic rings. The Morgan fingerprint density at radius 1 is 0.912 bits per heavy atom. The lowest BCUT2D eigenvalue weighted by atomic mass is 9.97. The number of carboxylic acids is 1. The summed E-state index contributed by atoms with van der Waals surface area (Å²) in [6.07, 6.45) is 4.92. The Kier molecular flexibility index (Phi) is 7.16. The van der Waals surface area contributed by atoms with E-state index in [1.165, 1.54) is 25.7 Å². The van der Waals surface area contributed by atoms with Gasteiger partial charge in [-0.3, -0.25) is 0 Å². The van der Waals surface area contributed by atoms with E-state index in [0.29, 0.717) is 22.9 Å². The van der Waals surface area contributed by atoms with E-state index in [1.807, 2.05) is 55.5 Å². The number of carboxylic acid groups (broad SMARTS) is 1. The van der Waals surface area contributed by atoms with Crippen LogP contribution < -0.4 is 16.0 Å². The maximum absolute atomic E-state index is 12.8. The third-order valence-corrected chi connectivity index (χ3v) is 6.54. The monoisotopic (exact) mass is 457 g/mol. The topological polar surface area (TPSA) is 90.5 Å². The molecule has 0 bridgehead atoms. The number of rotatable bonds is 7. The smallest absolute Gasteiger partial charge is 0.336 e. The van der Waals surface area contributed by atoms with Gasteiger partial charge in [0, 0.05) is 11.7 Å². The molecule has 3 aromatic rings. The van der Waals surface area contributed by atoms with Crippen molar-refractivity contribution in [3.8, 4) is 11.1 Å². The molecule has 176 valence electrons. The number of hydrogen-bond donors (Lipinski definition) is 4. The van der Waals surface area contributed by atoms with Gasteiger partial charge in [0.1, 0.15) is 0 Å². The zero-order valence-corrected chi connectivity index (χ0v) is 19.6. The molecule has 1 aliphatic carbocycles. The van der Waals surface area contributed by atoms with Gasteiger partial charge in [-0.05, 0) is 74.1 Å². The van der Waals surface area contributed by atoms with E-state index in [9.17, 15) is 14.7 Å². The van der Waals surface area contributed by atoms with Gasteiger partial charge >= 0.3 is 12.0 Å². The van der Waals surface area contributed by atoms with Gasteiger partial charge in [0.15, 0.2) is 0 Å². The van der Waals surface area contributed by atoms with Crippen molar-refractivity contribution in [3.63, 3.8) is 0 Å². The molecule has 0 spiro atoms. The van der Waals surface area contributed by atoms with Crippen LogP contribution in [0.15, 0.2) is 66.7 Å². The van der Waals surface area contributed by atoms with E-state index in [4.69, 9.17) is 0 Å². The third kappa shape index (κ3) is 5.57. The first kappa shape index (κ1) is 23.4. The number of anilines is 3. The van der Waals surface area contributed by atoms with Crippen LogP contribution in [0.5, 0.6) is 0 Å². The summed E-state index contributed by atoms with van der Waals surface area (Å²) in [5, 5.41) is 19.1. The van der Waals surface area contributed by atoms with Crippen molar-refractivity contribution in [2.75, 3.05) is 16.0 Å². The number of hydrogen-bond acceptors (Lipinski definition) is 3. The summed E-state index contributed by atoms with van der Waals surface area (Å²) in [5.41, 5.74) is 4.78. The van der Waals surface area contributed by atoms with E-state index < -0.39 is 5.97 Å². The van der Waals surface area contributed by atoms with Crippen molar-refractivity contribution in [1.82, 2.24) is 0 Å². The van der Waals surface area contributed by atoms with Gasteiger partial charge in [-0.25, -0.2) is 9.59 Å². The maximum atomic E-state index is 12.8. The van der Waals surface area contributed by atoms with Crippen LogP contribution in [0.25, 0.3) is 11.1 Å². The Morgan fingerprint density at radius 2 is 1.62 bits per heavy atom. The molecule has 4 N–H and O–H groups in total. The molecule has 3 aromatic carbocycles. The average Bonchev–Trinajstić information content (AvgIpc) is 3.37. The fourth-order valence-electron chi connectivity index (χ4n) is 4.60. The number of amides is 2. The summed E-state index contributed by atoms with van der Waals surface area (Å²) in [6, 6.07) is 20.0. The summed E-state index contributed by atoms with van der Waals surface area (Å²) < 4.78 is 0. The molecule has 6 heteroatoms. The second kappa shape index (κ2) is 10.4. The van der Waals surface area contributed by atoms with Crippen molar-refractivity contribution >= 4 is 29.1 Å². The molecule has 0 aromatic heterocycles. The minimum absolute atomic E-state index is 0.220. The Hall–Kier alpha value is -3.80. The lowest BCUT2D eigenvalue weighted by Gasteiger charge is -2.24. The molecule has 0 heterocycles. The Labute approximate surface area is 200 Å². The number of nitrogens with one attached hydrogen (secondary N) is 3. The highest BCUT2D eigenvalue weighted by Crippen LogP contribution is 2.34. The lowest BCUT2D eigenvalue weighted by molar-refractivity contribution is 0.0697. The van der Waals surface area contributed by atoms with Crippen LogP contribution in [0.4, 0.5) is 21.9 Å². The Balaban J connectivity index is 1.63. The summed E-state index contributed by atoms with van der Waals surface area (Å²) in [5.74, 6) is -0.388. The van der Waals surface area contributed by atoms with Crippen molar-refractivity contribution in [3.05, 3.63) is 77.9 Å². The lowest BCUT2D eigenvalue weighted by Crippen LogP contribution is -2.25. The van der Waals surface area contributed by atoms with E-state index >= 15 is 0 Å². The molecule has 0 saturated heterocycles.